The van der Waals surface area contributed by atoms with Crippen LogP contribution in [-0.2, 0) is 14.3 Å². The SMILES string of the molecule is O=C(CCN1C(=O)CSC1=S)OC(=O)c1cnc(Cl)c(Cl)c1. The van der Waals surface area contributed by atoms with Gasteiger partial charge in [-0.05, 0) is 6.07 Å². The molecule has 0 spiro atoms. The first-order chi connectivity index (χ1) is 10.4. The molecule has 0 aliphatic carbocycles. The second-order valence-electron chi connectivity index (χ2n) is 4.11. The van der Waals surface area contributed by atoms with Gasteiger partial charge in [-0.15, -0.1) is 0 Å². The number of esters is 2. The molecule has 2 rings (SSSR count). The molecule has 0 radical (unpaired) electrons. The van der Waals surface area contributed by atoms with Crippen LogP contribution in [-0.4, -0.2) is 44.3 Å². The van der Waals surface area contributed by atoms with E-state index in [9.17, 15) is 14.4 Å². The lowest BCUT2D eigenvalue weighted by Crippen LogP contribution is -2.31. The molecule has 1 fully saturated rings. The maximum atomic E-state index is 11.7. The number of pyridine rings is 1. The number of thiocarbonyl (C=S) groups is 1. The van der Waals surface area contributed by atoms with Crippen molar-refractivity contribution in [3.63, 3.8) is 0 Å². The number of hydrogen-bond donors (Lipinski definition) is 0. The van der Waals surface area contributed by atoms with Gasteiger partial charge in [-0.25, -0.2) is 9.78 Å². The highest BCUT2D eigenvalue weighted by molar-refractivity contribution is 8.23. The van der Waals surface area contributed by atoms with Gasteiger partial charge in [-0.3, -0.25) is 14.5 Å². The van der Waals surface area contributed by atoms with Crippen molar-refractivity contribution < 1.29 is 19.1 Å². The number of nitrogens with zero attached hydrogens (tertiary/aromatic N) is 2. The summed E-state index contributed by atoms with van der Waals surface area (Å²) in [5, 5.41) is 0.122. The van der Waals surface area contributed by atoms with Crippen LogP contribution in [0, 0.1) is 0 Å². The van der Waals surface area contributed by atoms with Crippen LogP contribution in [0.5, 0.6) is 0 Å². The van der Waals surface area contributed by atoms with Gasteiger partial charge in [0.25, 0.3) is 0 Å². The molecule has 0 unspecified atom stereocenters. The molecule has 0 N–H and O–H groups in total. The highest BCUT2D eigenvalue weighted by atomic mass is 35.5. The molecule has 1 amide bonds. The van der Waals surface area contributed by atoms with Gasteiger partial charge in [0.2, 0.25) is 5.91 Å². The summed E-state index contributed by atoms with van der Waals surface area (Å²) in [5.74, 6) is -1.56. The van der Waals surface area contributed by atoms with Gasteiger partial charge >= 0.3 is 11.9 Å². The van der Waals surface area contributed by atoms with E-state index in [0.717, 1.165) is 6.20 Å². The van der Waals surface area contributed by atoms with E-state index in [-0.39, 0.29) is 40.4 Å². The average molecular weight is 379 g/mol. The Morgan fingerprint density at radius 3 is 2.77 bits per heavy atom. The lowest BCUT2D eigenvalue weighted by Gasteiger charge is -2.13. The standard InChI is InChI=1S/C12H8Cl2N2O4S2/c13-7-3-6(4-15-10(7)14)11(19)20-9(18)1-2-16-8(17)5-22-12(16)21/h3-4H,1-2,5H2. The number of thioether (sulfide) groups is 1. The molecule has 1 aromatic heterocycles. The molecule has 1 aliphatic heterocycles. The maximum Gasteiger partial charge on any atom is 0.347 e. The highest BCUT2D eigenvalue weighted by Gasteiger charge is 2.27. The number of halogens is 2. The fourth-order valence-electron chi connectivity index (χ4n) is 1.55. The summed E-state index contributed by atoms with van der Waals surface area (Å²) in [6, 6.07) is 1.25. The second-order valence-corrected chi connectivity index (χ2v) is 6.48. The van der Waals surface area contributed by atoms with E-state index in [1.807, 2.05) is 0 Å². The lowest BCUT2D eigenvalue weighted by atomic mass is 10.3. The largest absolute Gasteiger partial charge is 0.389 e. The Morgan fingerprint density at radius 1 is 1.45 bits per heavy atom. The van der Waals surface area contributed by atoms with E-state index in [1.165, 1.54) is 22.7 Å². The molecule has 22 heavy (non-hydrogen) atoms. The van der Waals surface area contributed by atoms with Gasteiger partial charge in [0, 0.05) is 12.7 Å². The fraction of sp³-hybridized carbons (Fsp3) is 0.250. The van der Waals surface area contributed by atoms with Crippen molar-refractivity contribution >= 4 is 69.3 Å². The van der Waals surface area contributed by atoms with Gasteiger partial charge in [0.05, 0.1) is 22.8 Å². The van der Waals surface area contributed by atoms with Crippen LogP contribution in [0.15, 0.2) is 12.3 Å². The number of rotatable bonds is 4. The van der Waals surface area contributed by atoms with Crippen LogP contribution < -0.4 is 0 Å². The lowest BCUT2D eigenvalue weighted by molar-refractivity contribution is -0.138. The van der Waals surface area contributed by atoms with E-state index in [4.69, 9.17) is 35.4 Å². The Labute approximate surface area is 145 Å². The minimum Gasteiger partial charge on any atom is -0.389 e. The van der Waals surface area contributed by atoms with Crippen LogP contribution in [0.3, 0.4) is 0 Å². The van der Waals surface area contributed by atoms with Crippen LogP contribution in [0.1, 0.15) is 16.8 Å². The Bertz CT molecular complexity index is 653. The maximum absolute atomic E-state index is 11.7. The Morgan fingerprint density at radius 2 is 2.18 bits per heavy atom. The quantitative estimate of drug-likeness (QED) is 0.344. The normalized spacial score (nSPS) is 14.4. The van der Waals surface area contributed by atoms with Gasteiger partial charge in [-0.1, -0.05) is 47.2 Å². The van der Waals surface area contributed by atoms with E-state index >= 15 is 0 Å². The smallest absolute Gasteiger partial charge is 0.347 e. The van der Waals surface area contributed by atoms with Crippen LogP contribution in [0.25, 0.3) is 0 Å². The second kappa shape index (κ2) is 7.36. The summed E-state index contributed by atoms with van der Waals surface area (Å²) in [5.41, 5.74) is 0.00563. The van der Waals surface area contributed by atoms with E-state index in [2.05, 4.69) is 9.72 Å². The first-order valence-corrected chi connectivity index (χ1v) is 8.06. The van der Waals surface area contributed by atoms with Crippen LogP contribution in [0.2, 0.25) is 10.2 Å². The summed E-state index contributed by atoms with van der Waals surface area (Å²) < 4.78 is 5.07. The third-order valence-electron chi connectivity index (χ3n) is 2.62. The van der Waals surface area contributed by atoms with Crippen molar-refractivity contribution in [1.29, 1.82) is 0 Å². The summed E-state index contributed by atoms with van der Waals surface area (Å²) in [6.45, 7) is 0.0798. The Balaban J connectivity index is 1.88. The topological polar surface area (TPSA) is 76.6 Å². The summed E-state index contributed by atoms with van der Waals surface area (Å²) in [6.07, 6.45) is 1.01. The molecule has 0 saturated carbocycles. The number of aromatic nitrogens is 1. The molecule has 1 aliphatic rings. The zero-order chi connectivity index (χ0) is 16.3. The Hall–Kier alpha value is -1.22. The van der Waals surface area contributed by atoms with E-state index < -0.39 is 11.9 Å². The molecule has 0 bridgehead atoms. The van der Waals surface area contributed by atoms with Gasteiger partial charge in [0.15, 0.2) is 0 Å². The van der Waals surface area contributed by atoms with E-state index in [1.54, 1.807) is 0 Å². The third kappa shape index (κ3) is 4.16. The van der Waals surface area contributed by atoms with Crippen molar-refractivity contribution in [3.8, 4) is 0 Å². The van der Waals surface area contributed by atoms with Gasteiger partial charge in [0.1, 0.15) is 9.47 Å². The summed E-state index contributed by atoms with van der Waals surface area (Å²) >= 11 is 17.6. The number of carbonyl (C=O) groups is 3. The molecule has 1 aromatic rings. The zero-order valence-electron chi connectivity index (χ0n) is 10.9. The van der Waals surface area contributed by atoms with Crippen molar-refractivity contribution in [2.75, 3.05) is 12.3 Å². The molecule has 0 atom stereocenters. The molecule has 6 nitrogen and oxygen atoms in total. The van der Waals surface area contributed by atoms with E-state index in [0.29, 0.717) is 4.32 Å². The zero-order valence-corrected chi connectivity index (χ0v) is 14.0. The molecule has 0 aromatic carbocycles. The number of carbonyl (C=O) groups excluding carboxylic acids is 3. The minimum absolute atomic E-state index is 0.00563. The fourth-order valence-corrected chi connectivity index (χ4v) is 2.94. The third-order valence-corrected chi connectivity index (χ3v) is 4.74. The summed E-state index contributed by atoms with van der Waals surface area (Å²) in [7, 11) is 0. The highest BCUT2D eigenvalue weighted by Crippen LogP contribution is 2.21. The Kier molecular flexibility index (Phi) is 5.74. The minimum atomic E-state index is -0.888. The first-order valence-electron chi connectivity index (χ1n) is 5.91. The van der Waals surface area contributed by atoms with Gasteiger partial charge in [-0.2, -0.15) is 0 Å². The molecular formula is C12H8Cl2N2O4S2. The van der Waals surface area contributed by atoms with Crippen LogP contribution >= 0.6 is 47.2 Å². The molecule has 116 valence electrons. The van der Waals surface area contributed by atoms with Gasteiger partial charge < -0.3 is 4.74 Å². The van der Waals surface area contributed by atoms with Crippen molar-refractivity contribution in [2.24, 2.45) is 0 Å². The number of amides is 1. The molecule has 1 saturated heterocycles. The first kappa shape index (κ1) is 17.1. The summed E-state index contributed by atoms with van der Waals surface area (Å²) in [4.78, 5) is 39.9. The van der Waals surface area contributed by atoms with Crippen molar-refractivity contribution in [3.05, 3.63) is 28.0 Å². The van der Waals surface area contributed by atoms with Crippen LogP contribution in [0.4, 0.5) is 0 Å². The number of hydrogen-bond acceptors (Lipinski definition) is 7. The van der Waals surface area contributed by atoms with Crippen molar-refractivity contribution in [1.82, 2.24) is 9.88 Å². The number of ether oxygens (including phenoxy) is 1. The monoisotopic (exact) mass is 378 g/mol. The molecule has 10 heteroatoms. The predicted octanol–water partition coefficient (Wildman–Crippen LogP) is 2.32. The van der Waals surface area contributed by atoms with Crippen molar-refractivity contribution in [2.45, 2.75) is 6.42 Å². The molecule has 2 heterocycles. The molecular weight excluding hydrogens is 371 g/mol. The predicted molar refractivity (Wildman–Crippen MR) is 86.1 cm³/mol. The average Bonchev–Trinajstić information content (AvgIpc) is 2.78.